The summed E-state index contributed by atoms with van der Waals surface area (Å²) in [5, 5.41) is 0.558. The van der Waals surface area contributed by atoms with E-state index >= 15 is 0 Å². The summed E-state index contributed by atoms with van der Waals surface area (Å²) in [6.45, 7) is 6.40. The molecule has 1 saturated heterocycles. The van der Waals surface area contributed by atoms with Crippen molar-refractivity contribution in [3.63, 3.8) is 0 Å². The maximum Gasteiger partial charge on any atom is 0.225 e. The fourth-order valence-corrected chi connectivity index (χ4v) is 2.99. The van der Waals surface area contributed by atoms with Crippen molar-refractivity contribution in [3.05, 3.63) is 23.2 Å². The van der Waals surface area contributed by atoms with Gasteiger partial charge >= 0.3 is 0 Å². The summed E-state index contributed by atoms with van der Waals surface area (Å²) in [4.78, 5) is 24.1. The number of nitrogens with two attached hydrogens (primary N) is 3. The van der Waals surface area contributed by atoms with E-state index in [2.05, 4.69) is 14.9 Å². The van der Waals surface area contributed by atoms with Gasteiger partial charge in [0.2, 0.25) is 11.9 Å². The monoisotopic (exact) mass is 365 g/mol. The largest absolute Gasteiger partial charge is 0.370 e. The average molecular weight is 366 g/mol. The zero-order chi connectivity index (χ0) is 18.6. The maximum absolute atomic E-state index is 12.1. The summed E-state index contributed by atoms with van der Waals surface area (Å²) in [5.74, 6) is -0.0526. The molecule has 0 unspecified atom stereocenters. The third-order valence-corrected chi connectivity index (χ3v) is 4.15. The van der Waals surface area contributed by atoms with Gasteiger partial charge in [-0.1, -0.05) is 31.5 Å². The Morgan fingerprint density at radius 2 is 1.80 bits per heavy atom. The Hall–Kier alpha value is -2.48. The molecule has 8 nitrogen and oxygen atoms in total. The molecule has 1 aromatic rings. The highest BCUT2D eigenvalue weighted by Crippen LogP contribution is 2.36. The van der Waals surface area contributed by atoms with Gasteiger partial charge in [-0.15, -0.1) is 0 Å². The van der Waals surface area contributed by atoms with Crippen molar-refractivity contribution in [1.29, 1.82) is 0 Å². The van der Waals surface area contributed by atoms with Crippen LogP contribution in [0.5, 0.6) is 0 Å². The number of carbonyl (C=O) groups excluding carboxylic acids is 1. The third-order valence-electron chi connectivity index (χ3n) is 3.85. The van der Waals surface area contributed by atoms with E-state index in [0.29, 0.717) is 36.9 Å². The number of piperazine rings is 1. The van der Waals surface area contributed by atoms with Crippen LogP contribution in [0.3, 0.4) is 0 Å². The Kier molecular flexibility index (Phi) is 6.08. The molecule has 1 amide bonds. The SMILES string of the molecule is CC(C)C(=O)N1CCN(c2c(Cl)cccc2N=C(N)N=C(N)N)CC1. The van der Waals surface area contributed by atoms with E-state index in [4.69, 9.17) is 28.8 Å². The van der Waals surface area contributed by atoms with Crippen LogP contribution in [0.25, 0.3) is 0 Å². The van der Waals surface area contributed by atoms with Gasteiger partial charge in [-0.2, -0.15) is 4.99 Å². The standard InChI is InChI=1S/C16H24ClN7O/c1-10(2)14(25)24-8-6-23(7-9-24)13-11(17)4-3-5-12(13)21-16(20)22-15(18)19/h3-5,10H,6-9H2,1-2H3,(H6,18,19,20,21,22). The first-order valence-corrected chi connectivity index (χ1v) is 8.43. The molecule has 2 rings (SSSR count). The van der Waals surface area contributed by atoms with Crippen LogP contribution in [0.4, 0.5) is 11.4 Å². The summed E-state index contributed by atoms with van der Waals surface area (Å²) in [7, 11) is 0. The van der Waals surface area contributed by atoms with Gasteiger partial charge in [-0.25, -0.2) is 4.99 Å². The van der Waals surface area contributed by atoms with Crippen molar-refractivity contribution in [3.8, 4) is 0 Å². The van der Waals surface area contributed by atoms with E-state index in [1.54, 1.807) is 18.2 Å². The molecule has 0 spiro atoms. The maximum atomic E-state index is 12.1. The number of amides is 1. The van der Waals surface area contributed by atoms with E-state index in [1.807, 2.05) is 18.7 Å². The lowest BCUT2D eigenvalue weighted by Gasteiger charge is -2.37. The predicted molar refractivity (Wildman–Crippen MR) is 102 cm³/mol. The van der Waals surface area contributed by atoms with Gasteiger partial charge in [-0.3, -0.25) is 4.79 Å². The molecule has 0 radical (unpaired) electrons. The summed E-state index contributed by atoms with van der Waals surface area (Å²) in [6.07, 6.45) is 0. The molecule has 1 aliphatic heterocycles. The Labute approximate surface area is 152 Å². The number of carbonyl (C=O) groups is 1. The number of aliphatic imine (C=N–C) groups is 2. The summed E-state index contributed by atoms with van der Waals surface area (Å²) >= 11 is 6.38. The molecule has 1 fully saturated rings. The molecular weight excluding hydrogens is 342 g/mol. The fraction of sp³-hybridized carbons (Fsp3) is 0.438. The molecule has 1 aliphatic rings. The second-order valence-corrected chi connectivity index (χ2v) is 6.49. The molecular formula is C16H24ClN7O. The third kappa shape index (κ3) is 4.76. The van der Waals surface area contributed by atoms with Crippen LogP contribution < -0.4 is 22.1 Å². The molecule has 1 heterocycles. The Balaban J connectivity index is 2.23. The first-order chi connectivity index (χ1) is 11.8. The molecule has 0 saturated carbocycles. The Morgan fingerprint density at radius 1 is 1.16 bits per heavy atom. The van der Waals surface area contributed by atoms with E-state index in [9.17, 15) is 4.79 Å². The zero-order valence-corrected chi connectivity index (χ0v) is 15.2. The molecule has 136 valence electrons. The van der Waals surface area contributed by atoms with Crippen LogP contribution in [-0.4, -0.2) is 48.9 Å². The van der Waals surface area contributed by atoms with Gasteiger partial charge in [0.15, 0.2) is 5.96 Å². The van der Waals surface area contributed by atoms with E-state index in [0.717, 1.165) is 5.69 Å². The zero-order valence-electron chi connectivity index (χ0n) is 14.4. The van der Waals surface area contributed by atoms with Crippen LogP contribution in [0.15, 0.2) is 28.2 Å². The Morgan fingerprint density at radius 3 is 2.36 bits per heavy atom. The highest BCUT2D eigenvalue weighted by molar-refractivity contribution is 6.34. The van der Waals surface area contributed by atoms with Crippen LogP contribution in [0, 0.1) is 5.92 Å². The topological polar surface area (TPSA) is 126 Å². The predicted octanol–water partition coefficient (Wildman–Crippen LogP) is 0.864. The van der Waals surface area contributed by atoms with Crippen molar-refractivity contribution in [2.75, 3.05) is 31.1 Å². The lowest BCUT2D eigenvalue weighted by Crippen LogP contribution is -2.50. The lowest BCUT2D eigenvalue weighted by molar-refractivity contribution is -0.134. The second-order valence-electron chi connectivity index (χ2n) is 6.08. The van der Waals surface area contributed by atoms with Crippen LogP contribution in [-0.2, 0) is 4.79 Å². The van der Waals surface area contributed by atoms with Gasteiger partial charge in [0.25, 0.3) is 0 Å². The number of para-hydroxylation sites is 1. The van der Waals surface area contributed by atoms with Crippen molar-refractivity contribution in [1.82, 2.24) is 4.90 Å². The molecule has 0 atom stereocenters. The van der Waals surface area contributed by atoms with Gasteiger partial charge < -0.3 is 27.0 Å². The summed E-state index contributed by atoms with van der Waals surface area (Å²) < 4.78 is 0. The Bertz CT molecular complexity index is 690. The fourth-order valence-electron chi connectivity index (χ4n) is 2.70. The van der Waals surface area contributed by atoms with Crippen molar-refractivity contribution in [2.45, 2.75) is 13.8 Å². The minimum Gasteiger partial charge on any atom is -0.370 e. The number of hydrogen-bond donors (Lipinski definition) is 3. The molecule has 0 aliphatic carbocycles. The van der Waals surface area contributed by atoms with Crippen molar-refractivity contribution >= 4 is 40.8 Å². The number of hydrogen-bond acceptors (Lipinski definition) is 3. The summed E-state index contributed by atoms with van der Waals surface area (Å²) in [6, 6.07) is 5.37. The van der Waals surface area contributed by atoms with Crippen molar-refractivity contribution in [2.24, 2.45) is 33.1 Å². The number of nitrogens with zero attached hydrogens (tertiary/aromatic N) is 4. The quantitative estimate of drug-likeness (QED) is 0.541. The van der Waals surface area contributed by atoms with E-state index in [1.165, 1.54) is 0 Å². The minimum atomic E-state index is -0.161. The second kappa shape index (κ2) is 8.06. The van der Waals surface area contributed by atoms with Gasteiger partial charge in [-0.05, 0) is 12.1 Å². The number of guanidine groups is 2. The highest BCUT2D eigenvalue weighted by atomic mass is 35.5. The van der Waals surface area contributed by atoms with E-state index in [-0.39, 0.29) is 23.7 Å². The number of benzene rings is 1. The molecule has 25 heavy (non-hydrogen) atoms. The number of rotatable bonds is 3. The van der Waals surface area contributed by atoms with E-state index < -0.39 is 0 Å². The van der Waals surface area contributed by atoms with Gasteiger partial charge in [0.1, 0.15) is 0 Å². The molecule has 1 aromatic carbocycles. The average Bonchev–Trinajstić information content (AvgIpc) is 2.53. The smallest absolute Gasteiger partial charge is 0.225 e. The molecule has 9 heteroatoms. The normalized spacial score (nSPS) is 15.4. The van der Waals surface area contributed by atoms with Crippen LogP contribution >= 0.6 is 11.6 Å². The highest BCUT2D eigenvalue weighted by Gasteiger charge is 2.25. The van der Waals surface area contributed by atoms with Crippen LogP contribution in [0.1, 0.15) is 13.8 Å². The molecule has 0 aromatic heterocycles. The first kappa shape index (κ1) is 18.9. The lowest BCUT2D eigenvalue weighted by atomic mass is 10.1. The summed E-state index contributed by atoms with van der Waals surface area (Å²) in [5.41, 5.74) is 17.7. The molecule has 6 N–H and O–H groups in total. The number of anilines is 1. The minimum absolute atomic E-state index is 0.00796. The van der Waals surface area contributed by atoms with Crippen LogP contribution in [0.2, 0.25) is 5.02 Å². The van der Waals surface area contributed by atoms with Gasteiger partial charge in [0.05, 0.1) is 16.4 Å². The van der Waals surface area contributed by atoms with Gasteiger partial charge in [0, 0.05) is 32.1 Å². The first-order valence-electron chi connectivity index (χ1n) is 8.05. The van der Waals surface area contributed by atoms with Crippen molar-refractivity contribution < 1.29 is 4.79 Å². The molecule has 0 bridgehead atoms. The number of halogens is 1.